The van der Waals surface area contributed by atoms with E-state index < -0.39 is 9.84 Å². The first kappa shape index (κ1) is 20.9. The second-order valence-corrected chi connectivity index (χ2v) is 10.7. The highest BCUT2D eigenvalue weighted by atomic mass is 32.2. The van der Waals surface area contributed by atoms with Gasteiger partial charge in [-0.2, -0.15) is 4.99 Å². The van der Waals surface area contributed by atoms with E-state index in [-0.39, 0.29) is 34.5 Å². The number of rotatable bonds is 5. The number of benzene rings is 2. The number of nitrogens with zero attached hydrogens (tertiary/aromatic N) is 2. The van der Waals surface area contributed by atoms with Crippen molar-refractivity contribution in [3.8, 4) is 5.75 Å². The number of methoxy groups -OCH3 is 1. The van der Waals surface area contributed by atoms with Crippen LogP contribution in [0, 0.1) is 5.82 Å². The number of carbonyl (C=O) groups excluding carboxylic acids is 1. The molecule has 2 atom stereocenters. The lowest BCUT2D eigenvalue weighted by molar-refractivity contribution is 0.100. The van der Waals surface area contributed by atoms with Crippen LogP contribution in [-0.2, 0) is 16.3 Å². The number of sulfone groups is 1. The fraction of sp³-hybridized carbons (Fsp3) is 0.333. The molecule has 0 N–H and O–H groups in total. The molecule has 0 saturated carbocycles. The van der Waals surface area contributed by atoms with Crippen molar-refractivity contribution in [1.82, 2.24) is 4.90 Å². The number of ether oxygens (including phenoxy) is 1. The largest absolute Gasteiger partial charge is 0.497 e. The van der Waals surface area contributed by atoms with E-state index in [9.17, 15) is 17.6 Å². The normalized spacial score (nSPS) is 23.5. The molecule has 1 amide bonds. The van der Waals surface area contributed by atoms with Gasteiger partial charge in [0.25, 0.3) is 5.91 Å². The minimum absolute atomic E-state index is 0.0594. The van der Waals surface area contributed by atoms with Gasteiger partial charge in [0, 0.05) is 17.4 Å². The Morgan fingerprint density at radius 3 is 2.53 bits per heavy atom. The smallest absolute Gasteiger partial charge is 0.279 e. The van der Waals surface area contributed by atoms with Crippen LogP contribution >= 0.6 is 11.8 Å². The van der Waals surface area contributed by atoms with Crippen LogP contribution in [0.4, 0.5) is 4.39 Å². The standard InChI is InChI=1S/C21H21FN2O4S2/c1-28-17-8-4-15(5-9-17)20(25)23-21-24(11-10-14-2-6-16(22)7-3-14)18-12-30(26,27)13-19(18)29-21/h2-9,18-19H,10-13H2,1H3/t18-,19+/m1/s1. The predicted octanol–water partition coefficient (Wildman–Crippen LogP) is 2.79. The highest BCUT2D eigenvalue weighted by molar-refractivity contribution is 8.15. The third-order valence-corrected chi connectivity index (χ3v) is 8.51. The number of hydrogen-bond acceptors (Lipinski definition) is 5. The van der Waals surface area contributed by atoms with Gasteiger partial charge < -0.3 is 9.64 Å². The summed E-state index contributed by atoms with van der Waals surface area (Å²) in [6, 6.07) is 12.7. The number of fused-ring (bicyclic) bond motifs is 1. The van der Waals surface area contributed by atoms with Crippen molar-refractivity contribution in [1.29, 1.82) is 0 Å². The van der Waals surface area contributed by atoms with Gasteiger partial charge in [-0.15, -0.1) is 0 Å². The highest BCUT2D eigenvalue weighted by Crippen LogP contribution is 2.38. The maximum Gasteiger partial charge on any atom is 0.279 e. The number of carbonyl (C=O) groups is 1. The van der Waals surface area contributed by atoms with Gasteiger partial charge >= 0.3 is 0 Å². The summed E-state index contributed by atoms with van der Waals surface area (Å²) in [7, 11) is -1.55. The topological polar surface area (TPSA) is 76.0 Å². The summed E-state index contributed by atoms with van der Waals surface area (Å²) in [6.45, 7) is 0.504. The molecule has 2 aromatic rings. The number of amides is 1. The first-order valence-corrected chi connectivity index (χ1v) is 12.2. The lowest BCUT2D eigenvalue weighted by Crippen LogP contribution is -2.39. The number of thioether (sulfide) groups is 1. The number of hydrogen-bond donors (Lipinski definition) is 0. The number of amidine groups is 1. The quantitative estimate of drug-likeness (QED) is 0.700. The summed E-state index contributed by atoms with van der Waals surface area (Å²) in [5.74, 6) is 0.115. The Kier molecular flexibility index (Phi) is 5.84. The van der Waals surface area contributed by atoms with Crippen LogP contribution in [0.5, 0.6) is 5.75 Å². The highest BCUT2D eigenvalue weighted by Gasteiger charge is 2.48. The minimum Gasteiger partial charge on any atom is -0.497 e. The maximum absolute atomic E-state index is 13.2. The SMILES string of the molecule is COc1ccc(C(=O)N=C2S[C@H]3CS(=O)(=O)C[C@H]3N2CCc2ccc(F)cc2)cc1. The van der Waals surface area contributed by atoms with Crippen molar-refractivity contribution >= 4 is 32.7 Å². The Balaban J connectivity index is 1.55. The number of halogens is 1. The zero-order chi connectivity index (χ0) is 21.3. The summed E-state index contributed by atoms with van der Waals surface area (Å²) < 4.78 is 42.5. The lowest BCUT2D eigenvalue weighted by atomic mass is 10.1. The predicted molar refractivity (Wildman–Crippen MR) is 115 cm³/mol. The van der Waals surface area contributed by atoms with Gasteiger partial charge in [0.05, 0.1) is 24.7 Å². The van der Waals surface area contributed by atoms with Crippen LogP contribution in [-0.4, -0.2) is 60.8 Å². The van der Waals surface area contributed by atoms with Gasteiger partial charge in [-0.05, 0) is 48.4 Å². The molecule has 2 aromatic carbocycles. The molecule has 30 heavy (non-hydrogen) atoms. The Labute approximate surface area is 179 Å². The van der Waals surface area contributed by atoms with Gasteiger partial charge in [-0.25, -0.2) is 12.8 Å². The molecule has 0 aromatic heterocycles. The summed E-state index contributed by atoms with van der Waals surface area (Å²) in [6.07, 6.45) is 0.597. The van der Waals surface area contributed by atoms with Crippen molar-refractivity contribution in [2.24, 2.45) is 4.99 Å². The van der Waals surface area contributed by atoms with E-state index in [1.165, 1.54) is 23.9 Å². The maximum atomic E-state index is 13.2. The fourth-order valence-electron chi connectivity index (χ4n) is 3.68. The Morgan fingerprint density at radius 1 is 1.17 bits per heavy atom. The second kappa shape index (κ2) is 8.39. The van der Waals surface area contributed by atoms with Crippen LogP contribution in [0.2, 0.25) is 0 Å². The molecule has 0 unspecified atom stereocenters. The lowest BCUT2D eigenvalue weighted by Gasteiger charge is -2.24. The fourth-order valence-corrected chi connectivity index (χ4v) is 7.66. The summed E-state index contributed by atoms with van der Waals surface area (Å²) >= 11 is 1.35. The van der Waals surface area contributed by atoms with Gasteiger partial charge in [0.15, 0.2) is 15.0 Å². The molecular weight excluding hydrogens is 427 g/mol. The minimum atomic E-state index is -3.10. The molecule has 2 aliphatic rings. The van der Waals surface area contributed by atoms with Crippen LogP contribution in [0.15, 0.2) is 53.5 Å². The van der Waals surface area contributed by atoms with E-state index in [4.69, 9.17) is 4.74 Å². The van der Waals surface area contributed by atoms with Crippen molar-refractivity contribution in [2.45, 2.75) is 17.7 Å². The Bertz CT molecular complexity index is 1070. The van der Waals surface area contributed by atoms with Gasteiger partial charge in [0.1, 0.15) is 11.6 Å². The first-order chi connectivity index (χ1) is 14.3. The van der Waals surface area contributed by atoms with Crippen LogP contribution < -0.4 is 4.74 Å². The molecule has 2 fully saturated rings. The zero-order valence-electron chi connectivity index (χ0n) is 16.3. The first-order valence-electron chi connectivity index (χ1n) is 9.50. The van der Waals surface area contributed by atoms with E-state index in [0.29, 0.717) is 29.4 Å². The van der Waals surface area contributed by atoms with E-state index in [2.05, 4.69) is 4.99 Å². The van der Waals surface area contributed by atoms with E-state index in [1.807, 2.05) is 4.90 Å². The van der Waals surface area contributed by atoms with Crippen molar-refractivity contribution in [2.75, 3.05) is 25.2 Å². The van der Waals surface area contributed by atoms with Crippen LogP contribution in [0.1, 0.15) is 15.9 Å². The third kappa shape index (κ3) is 4.52. The molecule has 0 aliphatic carbocycles. The Morgan fingerprint density at radius 2 is 1.87 bits per heavy atom. The summed E-state index contributed by atoms with van der Waals surface area (Å²) in [4.78, 5) is 18.9. The summed E-state index contributed by atoms with van der Waals surface area (Å²) in [5, 5.41) is 0.411. The molecule has 6 nitrogen and oxygen atoms in total. The van der Waals surface area contributed by atoms with E-state index in [1.54, 1.807) is 43.5 Å². The van der Waals surface area contributed by atoms with Crippen molar-refractivity contribution < 1.29 is 22.3 Å². The molecule has 0 spiro atoms. The van der Waals surface area contributed by atoms with E-state index in [0.717, 1.165) is 5.56 Å². The molecule has 2 saturated heterocycles. The van der Waals surface area contributed by atoms with Crippen LogP contribution in [0.3, 0.4) is 0 Å². The third-order valence-electron chi connectivity index (χ3n) is 5.26. The molecule has 9 heteroatoms. The molecule has 158 valence electrons. The van der Waals surface area contributed by atoms with E-state index >= 15 is 0 Å². The molecular formula is C21H21FN2O4S2. The molecule has 2 heterocycles. The van der Waals surface area contributed by atoms with Gasteiger partial charge in [-0.1, -0.05) is 23.9 Å². The molecule has 0 radical (unpaired) electrons. The monoisotopic (exact) mass is 448 g/mol. The molecule has 4 rings (SSSR count). The van der Waals surface area contributed by atoms with Gasteiger partial charge in [0.2, 0.25) is 0 Å². The second-order valence-electron chi connectivity index (χ2n) is 7.30. The zero-order valence-corrected chi connectivity index (χ0v) is 18.0. The molecule has 0 bridgehead atoms. The van der Waals surface area contributed by atoms with Gasteiger partial charge in [-0.3, -0.25) is 4.79 Å². The summed E-state index contributed by atoms with van der Waals surface area (Å²) in [5.41, 5.74) is 1.37. The Hall–Kier alpha value is -2.39. The van der Waals surface area contributed by atoms with Crippen molar-refractivity contribution in [3.63, 3.8) is 0 Å². The van der Waals surface area contributed by atoms with Crippen molar-refractivity contribution in [3.05, 3.63) is 65.5 Å². The average molecular weight is 449 g/mol. The van der Waals surface area contributed by atoms with Crippen LogP contribution in [0.25, 0.3) is 0 Å². The number of aliphatic imine (C=N–C) groups is 1. The molecule has 2 aliphatic heterocycles. The average Bonchev–Trinajstić information content (AvgIpc) is 3.18.